The number of carbonyl (C=O) groups is 5. The summed E-state index contributed by atoms with van der Waals surface area (Å²) in [4.78, 5) is 58.2. The van der Waals surface area contributed by atoms with Crippen LogP contribution >= 0.6 is 20.3 Å². The van der Waals surface area contributed by atoms with Crippen molar-refractivity contribution in [1.82, 2.24) is 0 Å². The number of methoxy groups -OCH3 is 1. The summed E-state index contributed by atoms with van der Waals surface area (Å²) in [6.07, 6.45) is -1.66. The summed E-state index contributed by atoms with van der Waals surface area (Å²) in [6, 6.07) is 9.74. The molecule has 0 heterocycles. The summed E-state index contributed by atoms with van der Waals surface area (Å²) in [7, 11) is 0.166. The van der Waals surface area contributed by atoms with Crippen LogP contribution in [0, 0.1) is 0 Å². The molecule has 0 radical (unpaired) electrons. The van der Waals surface area contributed by atoms with Crippen molar-refractivity contribution in [3.8, 4) is 17.2 Å². The van der Waals surface area contributed by atoms with E-state index in [2.05, 4.69) is 0 Å². The summed E-state index contributed by atoms with van der Waals surface area (Å²) < 4.78 is 10.5. The number of aromatic hydroxyl groups is 1. The number of carboxylic acid groups (broad SMARTS) is 4. The molecule has 2 aromatic carbocycles. The number of carbonyl (C=O) groups excluding carboxylic acids is 1. The molecule has 198 valence electrons. The first-order chi connectivity index (χ1) is 17.4. The average molecular weight is 555 g/mol. The maximum Gasteiger partial charge on any atom is 0.347 e. The maximum atomic E-state index is 12.4. The van der Waals surface area contributed by atoms with Crippen molar-refractivity contribution in [3.63, 3.8) is 0 Å². The quantitative estimate of drug-likeness (QED) is 0.105. The monoisotopic (exact) mass is 554 g/mol. The number of phenolic OH excluding ortho intramolecular Hbond substituents is 1. The Balaban J connectivity index is 2.49. The van der Waals surface area contributed by atoms with Gasteiger partial charge < -0.3 is 35.0 Å². The lowest BCUT2D eigenvalue weighted by molar-refractivity contribution is -0.143. The third-order valence-electron chi connectivity index (χ3n) is 4.55. The van der Waals surface area contributed by atoms with Crippen molar-refractivity contribution in [3.05, 3.63) is 53.6 Å². The highest BCUT2D eigenvalue weighted by Crippen LogP contribution is 2.43. The van der Waals surface area contributed by atoms with E-state index in [0.29, 0.717) is 10.8 Å². The number of carboxylic acids is 4. The fourth-order valence-corrected chi connectivity index (χ4v) is 7.28. The van der Waals surface area contributed by atoms with Crippen molar-refractivity contribution in [2.45, 2.75) is 23.3 Å². The van der Waals surface area contributed by atoms with Gasteiger partial charge in [0.2, 0.25) is 0 Å². The zero-order valence-electron chi connectivity index (χ0n) is 19.1. The van der Waals surface area contributed by atoms with Crippen molar-refractivity contribution in [2.24, 2.45) is 0 Å². The SMILES string of the molecule is COc1cc(C=S(SC(CC(=O)O)C(=O)O)C(CC(=O)O)C(=O)O)ccc1OC(=O)c1ccccc1O. The van der Waals surface area contributed by atoms with Gasteiger partial charge in [-0.1, -0.05) is 29.0 Å². The molecule has 3 atom stereocenters. The summed E-state index contributed by atoms with van der Waals surface area (Å²) in [5.41, 5.74) is 0.167. The van der Waals surface area contributed by atoms with Gasteiger partial charge in [-0.3, -0.25) is 19.2 Å². The molecular formula is C23H22O12S2. The highest BCUT2D eigenvalue weighted by molar-refractivity contribution is 8.84. The van der Waals surface area contributed by atoms with Crippen LogP contribution in [-0.2, 0) is 19.2 Å². The maximum absolute atomic E-state index is 12.4. The Kier molecular flexibility index (Phi) is 10.5. The van der Waals surface area contributed by atoms with Gasteiger partial charge in [-0.2, -0.15) is 0 Å². The van der Waals surface area contributed by atoms with Crippen LogP contribution in [0.2, 0.25) is 0 Å². The van der Waals surface area contributed by atoms with Crippen LogP contribution < -0.4 is 9.47 Å². The van der Waals surface area contributed by atoms with Crippen LogP contribution in [0.4, 0.5) is 0 Å². The van der Waals surface area contributed by atoms with Gasteiger partial charge in [-0.05, 0) is 35.2 Å². The topological polar surface area (TPSA) is 205 Å². The molecule has 14 heteroatoms. The van der Waals surface area contributed by atoms with Crippen LogP contribution in [0.1, 0.15) is 28.8 Å². The van der Waals surface area contributed by atoms with E-state index in [1.54, 1.807) is 0 Å². The molecule has 0 saturated carbocycles. The molecule has 0 amide bonds. The zero-order chi connectivity index (χ0) is 27.7. The third-order valence-corrected chi connectivity index (χ3v) is 9.15. The van der Waals surface area contributed by atoms with Crippen LogP contribution in [0.5, 0.6) is 17.2 Å². The molecule has 0 aromatic heterocycles. The third kappa shape index (κ3) is 8.54. The number of phenols is 1. The van der Waals surface area contributed by atoms with Gasteiger partial charge in [-0.15, -0.1) is 9.52 Å². The number of benzene rings is 2. The van der Waals surface area contributed by atoms with Gasteiger partial charge in [-0.25, -0.2) is 4.79 Å². The molecule has 0 aliphatic carbocycles. The number of rotatable bonds is 13. The lowest BCUT2D eigenvalue weighted by atomic mass is 10.2. The Morgan fingerprint density at radius 1 is 0.919 bits per heavy atom. The second-order valence-electron chi connectivity index (χ2n) is 7.21. The minimum atomic E-state index is -1.62. The van der Waals surface area contributed by atoms with Crippen LogP contribution in [-0.4, -0.2) is 78.4 Å². The van der Waals surface area contributed by atoms with Gasteiger partial charge in [0.25, 0.3) is 0 Å². The molecule has 0 bridgehead atoms. The highest BCUT2D eigenvalue weighted by Gasteiger charge is 2.31. The average Bonchev–Trinajstić information content (AvgIpc) is 2.82. The molecule has 0 spiro atoms. The Morgan fingerprint density at radius 3 is 2.11 bits per heavy atom. The molecular weight excluding hydrogens is 532 g/mol. The van der Waals surface area contributed by atoms with Crippen LogP contribution in [0.3, 0.4) is 0 Å². The highest BCUT2D eigenvalue weighted by atomic mass is 33.1. The van der Waals surface area contributed by atoms with Gasteiger partial charge >= 0.3 is 29.8 Å². The van der Waals surface area contributed by atoms with E-state index in [1.807, 2.05) is 0 Å². The van der Waals surface area contributed by atoms with Crippen molar-refractivity contribution >= 4 is 55.5 Å². The predicted molar refractivity (Wildman–Crippen MR) is 134 cm³/mol. The molecule has 2 aromatic rings. The Hall–Kier alpha value is -4.04. The number of esters is 1. The molecule has 0 aliphatic rings. The van der Waals surface area contributed by atoms with Gasteiger partial charge in [0.05, 0.1) is 20.0 Å². The van der Waals surface area contributed by atoms with Gasteiger partial charge in [0.15, 0.2) is 11.5 Å². The normalized spacial score (nSPS) is 13.2. The number of ether oxygens (including phenoxy) is 2. The second-order valence-corrected chi connectivity index (χ2v) is 11.2. The number of hydrogen-bond acceptors (Lipinski definition) is 9. The fourth-order valence-electron chi connectivity index (χ4n) is 2.84. The number of aliphatic carboxylic acids is 4. The minimum Gasteiger partial charge on any atom is -0.507 e. The first-order valence-corrected chi connectivity index (χ1v) is 13.0. The second kappa shape index (κ2) is 13.3. The molecule has 0 saturated heterocycles. The standard InChI is InChI=1S/C23H22O12S2/c1-34-16-8-12(6-7-15(16)35-23(33)13-4-2-3-5-14(13)24)11-37(18(22(31)32)10-20(27)28)36-17(21(29)30)9-19(25)26/h2-8,11,17-18,24H,9-10H2,1H3,(H,25,26)(H,27,28)(H,29,30)(H,31,32). The molecule has 5 N–H and O–H groups in total. The van der Waals surface area contributed by atoms with E-state index in [0.717, 1.165) is 0 Å². The number of hydrogen-bond donors (Lipinski definition) is 5. The summed E-state index contributed by atoms with van der Waals surface area (Å²) in [5.74, 6) is -7.07. The molecule has 3 unspecified atom stereocenters. The van der Waals surface area contributed by atoms with E-state index in [1.165, 1.54) is 54.9 Å². The van der Waals surface area contributed by atoms with E-state index in [4.69, 9.17) is 14.6 Å². The first kappa shape index (κ1) is 29.2. The summed E-state index contributed by atoms with van der Waals surface area (Å²) in [5, 5.41) is 45.3. The van der Waals surface area contributed by atoms with Gasteiger partial charge in [0.1, 0.15) is 21.8 Å². The van der Waals surface area contributed by atoms with Crippen molar-refractivity contribution < 1.29 is 59.0 Å². The molecule has 0 aliphatic heterocycles. The van der Waals surface area contributed by atoms with Gasteiger partial charge in [0, 0.05) is 0 Å². The Morgan fingerprint density at radius 2 is 1.57 bits per heavy atom. The van der Waals surface area contributed by atoms with E-state index >= 15 is 0 Å². The minimum absolute atomic E-state index is 0.0245. The zero-order valence-corrected chi connectivity index (χ0v) is 20.7. The smallest absolute Gasteiger partial charge is 0.347 e. The largest absolute Gasteiger partial charge is 0.507 e. The fraction of sp³-hybridized carbons (Fsp3) is 0.217. The first-order valence-electron chi connectivity index (χ1n) is 10.2. The Bertz CT molecular complexity index is 1240. The summed E-state index contributed by atoms with van der Waals surface area (Å²) >= 11 is 0. The molecule has 0 fully saturated rings. The summed E-state index contributed by atoms with van der Waals surface area (Å²) in [6.45, 7) is 0. The van der Waals surface area contributed by atoms with E-state index < -0.39 is 62.7 Å². The molecule has 37 heavy (non-hydrogen) atoms. The van der Waals surface area contributed by atoms with Crippen molar-refractivity contribution in [1.29, 1.82) is 0 Å². The van der Waals surface area contributed by atoms with E-state index in [9.17, 15) is 44.4 Å². The molecule has 2 rings (SSSR count). The number of para-hydroxylation sites is 1. The lowest BCUT2D eigenvalue weighted by Gasteiger charge is -2.19. The molecule has 12 nitrogen and oxygen atoms in total. The Labute approximate surface area is 215 Å². The van der Waals surface area contributed by atoms with Crippen LogP contribution in [0.15, 0.2) is 42.5 Å². The lowest BCUT2D eigenvalue weighted by Crippen LogP contribution is -2.25. The van der Waals surface area contributed by atoms with Crippen LogP contribution in [0.25, 0.3) is 0 Å². The van der Waals surface area contributed by atoms with Crippen molar-refractivity contribution in [2.75, 3.05) is 7.11 Å². The van der Waals surface area contributed by atoms with E-state index in [-0.39, 0.29) is 28.4 Å². The predicted octanol–water partition coefficient (Wildman–Crippen LogP) is 2.54.